The van der Waals surface area contributed by atoms with Crippen LogP contribution in [0.1, 0.15) is 20.7 Å². The van der Waals surface area contributed by atoms with Gasteiger partial charge in [-0.1, -0.05) is 17.7 Å². The van der Waals surface area contributed by atoms with E-state index < -0.39 is 42.7 Å². The van der Waals surface area contributed by atoms with Gasteiger partial charge in [-0.25, -0.2) is 4.39 Å². The normalized spacial score (nSPS) is 9.93. The lowest BCUT2D eigenvalue weighted by Gasteiger charge is -2.09. The molecular weight excluding hydrogens is 393 g/mol. The van der Waals surface area contributed by atoms with E-state index in [1.165, 1.54) is 42.5 Å². The Morgan fingerprint density at radius 3 is 2.32 bits per heavy atom. The molecule has 3 amide bonds. The van der Waals surface area contributed by atoms with E-state index in [1.807, 2.05) is 0 Å². The zero-order valence-electron chi connectivity index (χ0n) is 14.3. The Morgan fingerprint density at radius 1 is 0.929 bits per heavy atom. The molecule has 2 rings (SSSR count). The topological polar surface area (TPSA) is 114 Å². The van der Waals surface area contributed by atoms with Crippen molar-refractivity contribution in [1.29, 1.82) is 0 Å². The lowest BCUT2D eigenvalue weighted by Crippen LogP contribution is -2.44. The molecule has 10 heteroatoms. The van der Waals surface area contributed by atoms with Crippen LogP contribution in [0, 0.1) is 5.82 Å². The second-order valence-corrected chi connectivity index (χ2v) is 5.80. The van der Waals surface area contributed by atoms with Crippen LogP contribution in [-0.2, 0) is 14.3 Å². The lowest BCUT2D eigenvalue weighted by molar-refractivity contribution is -0.147. The standard InChI is InChI=1S/C18H15ClFN3O5/c19-13-6-4-11(5-7-13)18(27)23-22-15(24)10-28-16(25)9-21-17(26)12-2-1-3-14(20)8-12/h1-8H,9-10H2,(H,21,26)(H,22,24)(H,23,27). The molecule has 0 bridgehead atoms. The third-order valence-corrected chi connectivity index (χ3v) is 3.52. The quantitative estimate of drug-likeness (QED) is 0.492. The van der Waals surface area contributed by atoms with Crippen molar-refractivity contribution in [1.82, 2.24) is 16.2 Å². The van der Waals surface area contributed by atoms with Crippen LogP contribution in [0.4, 0.5) is 4.39 Å². The second-order valence-electron chi connectivity index (χ2n) is 5.36. The van der Waals surface area contributed by atoms with Crippen molar-refractivity contribution in [3.63, 3.8) is 0 Å². The number of benzene rings is 2. The van der Waals surface area contributed by atoms with Crippen LogP contribution in [0.2, 0.25) is 5.02 Å². The summed E-state index contributed by atoms with van der Waals surface area (Å²) >= 11 is 5.71. The summed E-state index contributed by atoms with van der Waals surface area (Å²) in [7, 11) is 0. The predicted molar refractivity (Wildman–Crippen MR) is 96.8 cm³/mol. The molecule has 0 heterocycles. The van der Waals surface area contributed by atoms with E-state index >= 15 is 0 Å². The maximum Gasteiger partial charge on any atom is 0.325 e. The molecule has 0 spiro atoms. The summed E-state index contributed by atoms with van der Waals surface area (Å²) in [5.41, 5.74) is 4.51. The van der Waals surface area contributed by atoms with Gasteiger partial charge in [0, 0.05) is 16.1 Å². The smallest absolute Gasteiger partial charge is 0.325 e. The molecule has 0 aromatic heterocycles. The van der Waals surface area contributed by atoms with E-state index in [2.05, 4.69) is 20.9 Å². The van der Waals surface area contributed by atoms with Crippen LogP contribution in [0.3, 0.4) is 0 Å². The van der Waals surface area contributed by atoms with Crippen LogP contribution in [0.25, 0.3) is 0 Å². The summed E-state index contributed by atoms with van der Waals surface area (Å²) < 4.78 is 17.7. The molecule has 3 N–H and O–H groups in total. The number of hydrazine groups is 1. The second kappa shape index (κ2) is 10.0. The highest BCUT2D eigenvalue weighted by Gasteiger charge is 2.12. The van der Waals surface area contributed by atoms with Crippen molar-refractivity contribution in [3.8, 4) is 0 Å². The van der Waals surface area contributed by atoms with Gasteiger partial charge in [-0.05, 0) is 42.5 Å². The van der Waals surface area contributed by atoms with Gasteiger partial charge in [0.2, 0.25) is 0 Å². The molecule has 0 aliphatic heterocycles. The fourth-order valence-corrected chi connectivity index (χ4v) is 2.04. The third-order valence-electron chi connectivity index (χ3n) is 3.27. The van der Waals surface area contributed by atoms with Crippen molar-refractivity contribution in [2.45, 2.75) is 0 Å². The highest BCUT2D eigenvalue weighted by molar-refractivity contribution is 6.30. The molecule has 0 atom stereocenters. The zero-order valence-corrected chi connectivity index (χ0v) is 15.1. The molecule has 0 unspecified atom stereocenters. The molecule has 0 saturated heterocycles. The predicted octanol–water partition coefficient (Wildman–Crippen LogP) is 1.21. The van der Waals surface area contributed by atoms with Crippen molar-refractivity contribution < 1.29 is 28.3 Å². The van der Waals surface area contributed by atoms with Crippen molar-refractivity contribution in [3.05, 3.63) is 70.5 Å². The molecular formula is C18H15ClFN3O5. The number of esters is 1. The van der Waals surface area contributed by atoms with Crippen LogP contribution < -0.4 is 16.2 Å². The summed E-state index contributed by atoms with van der Waals surface area (Å²) in [5.74, 6) is -3.52. The fraction of sp³-hybridized carbons (Fsp3) is 0.111. The minimum Gasteiger partial charge on any atom is -0.454 e. The van der Waals surface area contributed by atoms with Gasteiger partial charge in [-0.3, -0.25) is 30.0 Å². The maximum absolute atomic E-state index is 13.0. The molecule has 0 fully saturated rings. The molecule has 0 aliphatic rings. The molecule has 2 aromatic carbocycles. The van der Waals surface area contributed by atoms with Gasteiger partial charge in [-0.15, -0.1) is 0 Å². The van der Waals surface area contributed by atoms with Gasteiger partial charge in [0.05, 0.1) is 0 Å². The summed E-state index contributed by atoms with van der Waals surface area (Å²) in [6, 6.07) is 10.9. The van der Waals surface area contributed by atoms with Crippen LogP contribution >= 0.6 is 11.6 Å². The highest BCUT2D eigenvalue weighted by atomic mass is 35.5. The Bertz CT molecular complexity index is 889. The van der Waals surface area contributed by atoms with E-state index in [9.17, 15) is 23.6 Å². The maximum atomic E-state index is 13.0. The summed E-state index contributed by atoms with van der Waals surface area (Å²) in [4.78, 5) is 46.7. The first-order valence-electron chi connectivity index (χ1n) is 7.89. The number of carbonyl (C=O) groups is 4. The summed E-state index contributed by atoms with van der Waals surface area (Å²) in [6.45, 7) is -1.19. The van der Waals surface area contributed by atoms with Crippen molar-refractivity contribution in [2.24, 2.45) is 0 Å². The molecule has 0 radical (unpaired) electrons. The molecule has 146 valence electrons. The van der Waals surface area contributed by atoms with Gasteiger partial charge in [-0.2, -0.15) is 0 Å². The zero-order chi connectivity index (χ0) is 20.5. The number of hydrogen-bond donors (Lipinski definition) is 3. The number of amides is 3. The molecule has 8 nitrogen and oxygen atoms in total. The van der Waals surface area contributed by atoms with E-state index in [0.29, 0.717) is 5.02 Å². The number of nitrogens with one attached hydrogen (secondary N) is 3. The van der Waals surface area contributed by atoms with Gasteiger partial charge in [0.15, 0.2) is 6.61 Å². The Balaban J connectivity index is 1.67. The van der Waals surface area contributed by atoms with Crippen LogP contribution in [0.5, 0.6) is 0 Å². The summed E-state index contributed by atoms with van der Waals surface area (Å²) in [5, 5.41) is 2.69. The van der Waals surface area contributed by atoms with E-state index in [0.717, 1.165) is 6.07 Å². The summed E-state index contributed by atoms with van der Waals surface area (Å²) in [6.07, 6.45) is 0. The first-order chi connectivity index (χ1) is 13.3. The lowest BCUT2D eigenvalue weighted by atomic mass is 10.2. The van der Waals surface area contributed by atoms with Gasteiger partial charge in [0.1, 0.15) is 12.4 Å². The van der Waals surface area contributed by atoms with E-state index in [-0.39, 0.29) is 11.1 Å². The van der Waals surface area contributed by atoms with Gasteiger partial charge in [0.25, 0.3) is 17.7 Å². The molecule has 28 heavy (non-hydrogen) atoms. The Kier molecular flexibility index (Phi) is 7.46. The minimum atomic E-state index is -0.885. The number of halogens is 2. The highest BCUT2D eigenvalue weighted by Crippen LogP contribution is 2.09. The monoisotopic (exact) mass is 407 g/mol. The van der Waals surface area contributed by atoms with Gasteiger partial charge < -0.3 is 10.1 Å². The molecule has 2 aromatic rings. The molecule has 0 saturated carbocycles. The average molecular weight is 408 g/mol. The average Bonchev–Trinajstić information content (AvgIpc) is 2.69. The van der Waals surface area contributed by atoms with E-state index in [4.69, 9.17) is 11.6 Å². The van der Waals surface area contributed by atoms with E-state index in [1.54, 1.807) is 0 Å². The van der Waals surface area contributed by atoms with Gasteiger partial charge >= 0.3 is 5.97 Å². The van der Waals surface area contributed by atoms with Crippen molar-refractivity contribution >= 4 is 35.3 Å². The number of carbonyl (C=O) groups excluding carboxylic acids is 4. The minimum absolute atomic E-state index is 0.0375. The molecule has 0 aliphatic carbocycles. The Labute approximate surface area is 164 Å². The Hall–Kier alpha value is -3.46. The van der Waals surface area contributed by atoms with Crippen LogP contribution in [0.15, 0.2) is 48.5 Å². The number of hydrogen-bond acceptors (Lipinski definition) is 5. The third kappa shape index (κ3) is 6.69. The fourth-order valence-electron chi connectivity index (χ4n) is 1.92. The van der Waals surface area contributed by atoms with Crippen molar-refractivity contribution in [2.75, 3.05) is 13.2 Å². The SMILES string of the molecule is O=C(COC(=O)CNC(=O)c1cccc(F)c1)NNC(=O)c1ccc(Cl)cc1. The first kappa shape index (κ1) is 20.8. The largest absolute Gasteiger partial charge is 0.454 e. The van der Waals surface area contributed by atoms with Crippen LogP contribution in [-0.4, -0.2) is 36.8 Å². The first-order valence-corrected chi connectivity index (χ1v) is 8.27. The number of ether oxygens (including phenoxy) is 1. The Morgan fingerprint density at radius 2 is 1.64 bits per heavy atom. The number of rotatable bonds is 6.